The quantitative estimate of drug-likeness (QED) is 0.872. The summed E-state index contributed by atoms with van der Waals surface area (Å²) in [4.78, 5) is 17.8. The minimum absolute atomic E-state index is 0.0158. The Labute approximate surface area is 114 Å². The van der Waals surface area contributed by atoms with E-state index >= 15 is 0 Å². The molecule has 1 spiro atoms. The van der Waals surface area contributed by atoms with Crippen molar-refractivity contribution in [3.63, 3.8) is 0 Å². The number of carboxylic acid groups (broad SMARTS) is 1. The maximum Gasteiger partial charge on any atom is 0.341 e. The summed E-state index contributed by atoms with van der Waals surface area (Å²) in [7, 11) is 0. The molecule has 1 saturated carbocycles. The van der Waals surface area contributed by atoms with E-state index in [-0.39, 0.29) is 11.2 Å². The highest BCUT2D eigenvalue weighted by molar-refractivity contribution is 5.94. The second-order valence-corrected chi connectivity index (χ2v) is 5.37. The fourth-order valence-electron chi connectivity index (χ4n) is 2.67. The molecule has 0 radical (unpaired) electrons. The molecule has 7 nitrogen and oxygen atoms in total. The van der Waals surface area contributed by atoms with Gasteiger partial charge in [0.2, 0.25) is 0 Å². The van der Waals surface area contributed by atoms with E-state index in [0.29, 0.717) is 12.3 Å². The van der Waals surface area contributed by atoms with Crippen molar-refractivity contribution in [2.45, 2.75) is 18.4 Å². The Morgan fingerprint density at radius 2 is 2.30 bits per heavy atom. The van der Waals surface area contributed by atoms with E-state index in [4.69, 9.17) is 9.84 Å². The van der Waals surface area contributed by atoms with Gasteiger partial charge in [0.15, 0.2) is 5.65 Å². The Morgan fingerprint density at radius 1 is 1.45 bits per heavy atom. The largest absolute Gasteiger partial charge is 0.477 e. The molecule has 1 aliphatic heterocycles. The van der Waals surface area contributed by atoms with Gasteiger partial charge in [-0.25, -0.2) is 14.3 Å². The lowest BCUT2D eigenvalue weighted by molar-refractivity contribution is 0.0203. The van der Waals surface area contributed by atoms with Crippen molar-refractivity contribution in [3.05, 3.63) is 24.0 Å². The minimum Gasteiger partial charge on any atom is -0.477 e. The molecular formula is C13H14N4O3. The predicted octanol–water partition coefficient (Wildman–Crippen LogP) is 0.797. The molecule has 7 heteroatoms. The van der Waals surface area contributed by atoms with Gasteiger partial charge in [-0.3, -0.25) is 0 Å². The van der Waals surface area contributed by atoms with Crippen molar-refractivity contribution in [1.29, 1.82) is 0 Å². The number of aromatic nitrogens is 3. The smallest absolute Gasteiger partial charge is 0.341 e. The van der Waals surface area contributed by atoms with Crippen LogP contribution in [0.3, 0.4) is 0 Å². The fraction of sp³-hybridized carbons (Fsp3) is 0.462. The van der Waals surface area contributed by atoms with Crippen LogP contribution >= 0.6 is 0 Å². The van der Waals surface area contributed by atoms with E-state index in [1.54, 1.807) is 6.20 Å². The van der Waals surface area contributed by atoms with Crippen molar-refractivity contribution < 1.29 is 14.6 Å². The van der Waals surface area contributed by atoms with Crippen molar-refractivity contribution in [3.8, 4) is 0 Å². The molecule has 2 fully saturated rings. The number of nitrogens with zero attached hydrogens (tertiary/aromatic N) is 4. The molecule has 2 aromatic rings. The van der Waals surface area contributed by atoms with Gasteiger partial charge in [-0.2, -0.15) is 5.10 Å². The van der Waals surface area contributed by atoms with Crippen LogP contribution in [0.2, 0.25) is 0 Å². The number of anilines is 1. The molecule has 0 unspecified atom stereocenters. The van der Waals surface area contributed by atoms with E-state index in [9.17, 15) is 4.79 Å². The second-order valence-electron chi connectivity index (χ2n) is 5.37. The van der Waals surface area contributed by atoms with E-state index in [1.807, 2.05) is 6.07 Å². The first-order chi connectivity index (χ1) is 9.67. The molecule has 1 saturated heterocycles. The van der Waals surface area contributed by atoms with Crippen molar-refractivity contribution >= 4 is 17.4 Å². The number of hydrogen-bond acceptors (Lipinski definition) is 5. The summed E-state index contributed by atoms with van der Waals surface area (Å²) < 4.78 is 7.27. The number of aromatic carboxylic acids is 1. The van der Waals surface area contributed by atoms with Crippen LogP contribution in [0.5, 0.6) is 0 Å². The minimum atomic E-state index is -1.01. The van der Waals surface area contributed by atoms with Crippen LogP contribution in [0.4, 0.5) is 5.82 Å². The van der Waals surface area contributed by atoms with Gasteiger partial charge < -0.3 is 14.7 Å². The normalized spacial score (nSPS) is 20.5. The first-order valence-electron chi connectivity index (χ1n) is 6.64. The molecule has 1 N–H and O–H groups in total. The number of rotatable bonds is 2. The summed E-state index contributed by atoms with van der Waals surface area (Å²) in [6, 6.07) is 1.87. The number of fused-ring (bicyclic) bond motifs is 1. The lowest BCUT2D eigenvalue weighted by atomic mass is 10.2. The average Bonchev–Trinajstić information content (AvgIpc) is 3.04. The average molecular weight is 274 g/mol. The van der Waals surface area contributed by atoms with Crippen molar-refractivity contribution in [1.82, 2.24) is 14.6 Å². The monoisotopic (exact) mass is 274 g/mol. The van der Waals surface area contributed by atoms with E-state index in [0.717, 1.165) is 31.7 Å². The van der Waals surface area contributed by atoms with Crippen LogP contribution in [0.25, 0.3) is 5.65 Å². The topological polar surface area (TPSA) is 80.0 Å². The van der Waals surface area contributed by atoms with Crippen molar-refractivity contribution in [2.24, 2.45) is 0 Å². The van der Waals surface area contributed by atoms with E-state index in [1.165, 1.54) is 10.7 Å². The maximum absolute atomic E-state index is 11.1. The zero-order chi connectivity index (χ0) is 13.7. The molecule has 3 heterocycles. The highest BCUT2D eigenvalue weighted by atomic mass is 16.5. The zero-order valence-electron chi connectivity index (χ0n) is 10.8. The maximum atomic E-state index is 11.1. The van der Waals surface area contributed by atoms with Gasteiger partial charge in [0.25, 0.3) is 0 Å². The van der Waals surface area contributed by atoms with Crippen LogP contribution in [0, 0.1) is 0 Å². The molecule has 104 valence electrons. The molecular weight excluding hydrogens is 260 g/mol. The predicted molar refractivity (Wildman–Crippen MR) is 70.1 cm³/mol. The SMILES string of the molecule is O=C(O)c1cnn2ccc(N3CCOC4(CC4)C3)nc12. The Balaban J connectivity index is 1.72. The van der Waals surface area contributed by atoms with Gasteiger partial charge in [-0.1, -0.05) is 0 Å². The fourth-order valence-corrected chi connectivity index (χ4v) is 2.67. The summed E-state index contributed by atoms with van der Waals surface area (Å²) >= 11 is 0. The summed E-state index contributed by atoms with van der Waals surface area (Å²) in [5.74, 6) is -0.222. The third kappa shape index (κ3) is 1.74. The van der Waals surface area contributed by atoms with Gasteiger partial charge in [0.1, 0.15) is 11.4 Å². The van der Waals surface area contributed by atoms with E-state index in [2.05, 4.69) is 15.0 Å². The van der Waals surface area contributed by atoms with Crippen LogP contribution in [0.15, 0.2) is 18.5 Å². The molecule has 2 aliphatic rings. The van der Waals surface area contributed by atoms with Gasteiger partial charge in [0.05, 0.1) is 18.4 Å². The summed E-state index contributed by atoms with van der Waals surface area (Å²) in [6.07, 6.45) is 5.27. The lowest BCUT2D eigenvalue weighted by Gasteiger charge is -2.34. The van der Waals surface area contributed by atoms with Crippen LogP contribution in [-0.2, 0) is 4.74 Å². The molecule has 0 atom stereocenters. The first kappa shape index (κ1) is 11.7. The summed E-state index contributed by atoms with van der Waals surface area (Å²) in [5.41, 5.74) is 0.523. The highest BCUT2D eigenvalue weighted by Gasteiger charge is 2.47. The molecule has 0 amide bonds. The van der Waals surface area contributed by atoms with Gasteiger partial charge in [-0.15, -0.1) is 0 Å². The molecule has 4 rings (SSSR count). The zero-order valence-corrected chi connectivity index (χ0v) is 10.8. The van der Waals surface area contributed by atoms with Crippen LogP contribution < -0.4 is 4.90 Å². The van der Waals surface area contributed by atoms with Crippen LogP contribution in [0.1, 0.15) is 23.2 Å². The number of hydrogen-bond donors (Lipinski definition) is 1. The molecule has 2 aromatic heterocycles. The number of ether oxygens (including phenoxy) is 1. The third-order valence-electron chi connectivity index (χ3n) is 3.96. The third-order valence-corrected chi connectivity index (χ3v) is 3.96. The molecule has 20 heavy (non-hydrogen) atoms. The Bertz CT molecular complexity index is 692. The first-order valence-corrected chi connectivity index (χ1v) is 6.64. The number of carbonyl (C=O) groups is 1. The van der Waals surface area contributed by atoms with Gasteiger partial charge in [0, 0.05) is 19.3 Å². The molecule has 0 bridgehead atoms. The highest BCUT2D eigenvalue weighted by Crippen LogP contribution is 2.42. The Morgan fingerprint density at radius 3 is 3.05 bits per heavy atom. The Hall–Kier alpha value is -2.15. The van der Waals surface area contributed by atoms with Crippen molar-refractivity contribution in [2.75, 3.05) is 24.6 Å². The number of carboxylic acids is 1. The second kappa shape index (κ2) is 3.92. The number of morpholine rings is 1. The van der Waals surface area contributed by atoms with Crippen LogP contribution in [-0.4, -0.2) is 51.0 Å². The lowest BCUT2D eigenvalue weighted by Crippen LogP contribution is -2.44. The molecule has 0 aromatic carbocycles. The van der Waals surface area contributed by atoms with Gasteiger partial charge in [-0.05, 0) is 18.9 Å². The molecule has 1 aliphatic carbocycles. The Kier molecular flexibility index (Phi) is 2.29. The summed E-state index contributed by atoms with van der Waals surface area (Å²) in [6.45, 7) is 2.30. The standard InChI is InChI=1S/C13H14N4O3/c18-12(19)9-7-14-17-4-1-10(15-11(9)17)16-5-6-20-13(8-16)2-3-13/h1,4,7H,2-3,5-6,8H2,(H,18,19). The summed E-state index contributed by atoms with van der Waals surface area (Å²) in [5, 5.41) is 13.1. The van der Waals surface area contributed by atoms with Gasteiger partial charge >= 0.3 is 5.97 Å². The van der Waals surface area contributed by atoms with E-state index < -0.39 is 5.97 Å².